The Hall–Kier alpha value is -2.07. The maximum absolute atomic E-state index is 12.3. The van der Waals surface area contributed by atoms with Crippen LogP contribution in [0.15, 0.2) is 51.1 Å². The second-order valence-corrected chi connectivity index (χ2v) is 10.3. The fourth-order valence-corrected chi connectivity index (χ4v) is 4.63. The van der Waals surface area contributed by atoms with Gasteiger partial charge in [-0.25, -0.2) is 13.3 Å². The van der Waals surface area contributed by atoms with E-state index in [1.807, 2.05) is 0 Å². The van der Waals surface area contributed by atoms with Crippen LogP contribution in [0.5, 0.6) is 5.75 Å². The van der Waals surface area contributed by atoms with Crippen molar-refractivity contribution in [3.05, 3.63) is 36.4 Å². The molecule has 0 atom stereocenters. The summed E-state index contributed by atoms with van der Waals surface area (Å²) in [5.41, 5.74) is 11.3. The molecule has 0 aliphatic rings. The molecule has 172 valence electrons. The van der Waals surface area contributed by atoms with E-state index in [-0.39, 0.29) is 41.8 Å². The van der Waals surface area contributed by atoms with Crippen molar-refractivity contribution in [3.8, 4) is 5.75 Å². The lowest BCUT2D eigenvalue weighted by Gasteiger charge is -2.09. The smallest absolute Gasteiger partial charge is 0.296 e. The SMILES string of the molecule is COc1ccc(S(=O)(=O)CCOCCOOSc2ccc(N)c(S(=O)(=O)O)c2)cc1N. The molecule has 0 spiro atoms. The predicted octanol–water partition coefficient (Wildman–Crippen LogP) is 1.55. The molecule has 0 aromatic heterocycles. The Morgan fingerprint density at radius 1 is 0.968 bits per heavy atom. The summed E-state index contributed by atoms with van der Waals surface area (Å²) in [5.74, 6) is 0.136. The molecule has 5 N–H and O–H groups in total. The van der Waals surface area contributed by atoms with E-state index in [4.69, 9.17) is 34.7 Å². The number of rotatable bonds is 12. The summed E-state index contributed by atoms with van der Waals surface area (Å²) in [6.45, 7) is -0.0258. The van der Waals surface area contributed by atoms with Gasteiger partial charge in [0.05, 0.1) is 54.4 Å². The molecule has 0 bridgehead atoms. The van der Waals surface area contributed by atoms with Gasteiger partial charge in [0.1, 0.15) is 17.3 Å². The lowest BCUT2D eigenvalue weighted by atomic mass is 10.3. The molecule has 2 aromatic carbocycles. The lowest BCUT2D eigenvalue weighted by Crippen LogP contribution is -2.14. The summed E-state index contributed by atoms with van der Waals surface area (Å²) in [6, 6.07) is 8.12. The zero-order chi connectivity index (χ0) is 23.1. The molecule has 2 aromatic rings. The topological polar surface area (TPSA) is 177 Å². The van der Waals surface area contributed by atoms with Gasteiger partial charge in [0.2, 0.25) is 0 Å². The molecular formula is C17H22N2O9S3. The fraction of sp³-hybridized carbons (Fsp3) is 0.294. The highest BCUT2D eigenvalue weighted by molar-refractivity contribution is 7.94. The minimum Gasteiger partial charge on any atom is -0.495 e. The van der Waals surface area contributed by atoms with E-state index in [0.717, 1.165) is 6.07 Å². The van der Waals surface area contributed by atoms with E-state index < -0.39 is 24.9 Å². The second-order valence-electron chi connectivity index (χ2n) is 5.98. The minimum absolute atomic E-state index is 0.0113. The molecule has 0 fully saturated rings. The Bertz CT molecular complexity index is 1110. The van der Waals surface area contributed by atoms with E-state index >= 15 is 0 Å². The van der Waals surface area contributed by atoms with Gasteiger partial charge in [0.15, 0.2) is 9.84 Å². The first-order valence-electron chi connectivity index (χ1n) is 8.62. The maximum Gasteiger partial charge on any atom is 0.296 e. The quantitative estimate of drug-likeness (QED) is 0.0969. The van der Waals surface area contributed by atoms with Gasteiger partial charge in [-0.15, -0.1) is 0 Å². The molecule has 0 aliphatic carbocycles. The number of hydrogen-bond donors (Lipinski definition) is 3. The summed E-state index contributed by atoms with van der Waals surface area (Å²) in [4.78, 5) is 4.82. The highest BCUT2D eigenvalue weighted by atomic mass is 32.2. The molecule has 0 radical (unpaired) electrons. The molecule has 14 heteroatoms. The largest absolute Gasteiger partial charge is 0.495 e. The molecule has 0 unspecified atom stereocenters. The van der Waals surface area contributed by atoms with Gasteiger partial charge in [-0.05, 0) is 36.4 Å². The van der Waals surface area contributed by atoms with Crippen LogP contribution in [0.1, 0.15) is 0 Å². The second kappa shape index (κ2) is 11.0. The van der Waals surface area contributed by atoms with E-state index in [1.165, 1.54) is 37.4 Å². The van der Waals surface area contributed by atoms with E-state index in [9.17, 15) is 16.8 Å². The Labute approximate surface area is 184 Å². The normalized spacial score (nSPS) is 12.1. The van der Waals surface area contributed by atoms with Gasteiger partial charge in [-0.2, -0.15) is 12.8 Å². The number of ether oxygens (including phenoxy) is 2. The van der Waals surface area contributed by atoms with Crippen LogP contribution in [-0.4, -0.2) is 54.1 Å². The number of sulfone groups is 1. The number of nitrogen functional groups attached to an aromatic ring is 2. The Morgan fingerprint density at radius 3 is 2.35 bits per heavy atom. The van der Waals surface area contributed by atoms with Gasteiger partial charge in [-0.1, -0.05) is 0 Å². The van der Waals surface area contributed by atoms with Crippen LogP contribution in [0, 0.1) is 0 Å². The van der Waals surface area contributed by atoms with Crippen molar-refractivity contribution in [2.75, 3.05) is 44.2 Å². The van der Waals surface area contributed by atoms with Crippen molar-refractivity contribution in [1.82, 2.24) is 0 Å². The summed E-state index contributed by atoms with van der Waals surface area (Å²) in [7, 11) is -6.60. The molecule has 0 aliphatic heterocycles. The molecule has 0 heterocycles. The third-order valence-electron chi connectivity index (χ3n) is 3.81. The number of benzene rings is 2. The Morgan fingerprint density at radius 2 is 1.71 bits per heavy atom. The number of methoxy groups -OCH3 is 1. The van der Waals surface area contributed by atoms with E-state index in [2.05, 4.69) is 0 Å². The first-order valence-corrected chi connectivity index (χ1v) is 12.4. The zero-order valence-electron chi connectivity index (χ0n) is 16.4. The lowest BCUT2D eigenvalue weighted by molar-refractivity contribution is -0.199. The molecule has 0 saturated heterocycles. The molecule has 11 nitrogen and oxygen atoms in total. The van der Waals surface area contributed by atoms with Crippen LogP contribution in [0.3, 0.4) is 0 Å². The summed E-state index contributed by atoms with van der Waals surface area (Å²) in [5, 5.41) is 0. The van der Waals surface area contributed by atoms with Crippen molar-refractivity contribution in [2.24, 2.45) is 0 Å². The number of hydrogen-bond acceptors (Lipinski definition) is 11. The highest BCUT2D eigenvalue weighted by Crippen LogP contribution is 2.27. The van der Waals surface area contributed by atoms with Crippen LogP contribution in [-0.2, 0) is 33.9 Å². The number of anilines is 2. The van der Waals surface area contributed by atoms with Crippen LogP contribution < -0.4 is 16.2 Å². The highest BCUT2D eigenvalue weighted by Gasteiger charge is 2.16. The first-order chi connectivity index (χ1) is 14.5. The van der Waals surface area contributed by atoms with Crippen LogP contribution in [0.4, 0.5) is 11.4 Å². The third kappa shape index (κ3) is 7.53. The van der Waals surface area contributed by atoms with Gasteiger partial charge in [-0.3, -0.25) is 4.55 Å². The van der Waals surface area contributed by atoms with E-state index in [1.54, 1.807) is 0 Å². The summed E-state index contributed by atoms with van der Waals surface area (Å²) < 4.78 is 71.2. The van der Waals surface area contributed by atoms with Gasteiger partial charge in [0.25, 0.3) is 10.1 Å². The molecular weight excluding hydrogens is 472 g/mol. The van der Waals surface area contributed by atoms with Gasteiger partial charge < -0.3 is 20.9 Å². The Kier molecular flexibility index (Phi) is 8.93. The van der Waals surface area contributed by atoms with Crippen molar-refractivity contribution in [3.63, 3.8) is 0 Å². The van der Waals surface area contributed by atoms with Crippen molar-refractivity contribution >= 4 is 43.4 Å². The van der Waals surface area contributed by atoms with Crippen molar-refractivity contribution in [1.29, 1.82) is 0 Å². The zero-order valence-corrected chi connectivity index (χ0v) is 18.8. The maximum atomic E-state index is 12.3. The molecule has 31 heavy (non-hydrogen) atoms. The summed E-state index contributed by atoms with van der Waals surface area (Å²) >= 11 is 0.702. The monoisotopic (exact) mass is 494 g/mol. The molecule has 2 rings (SSSR count). The average Bonchev–Trinajstić information content (AvgIpc) is 2.70. The van der Waals surface area contributed by atoms with Crippen molar-refractivity contribution < 1.29 is 40.1 Å². The average molecular weight is 495 g/mol. The first kappa shape index (κ1) is 25.2. The molecule has 0 saturated carbocycles. The number of nitrogens with two attached hydrogens (primary N) is 2. The van der Waals surface area contributed by atoms with Crippen LogP contribution in [0.2, 0.25) is 0 Å². The Balaban J connectivity index is 1.69. The van der Waals surface area contributed by atoms with Gasteiger partial charge in [0, 0.05) is 4.90 Å². The van der Waals surface area contributed by atoms with Crippen LogP contribution >= 0.6 is 12.0 Å². The third-order valence-corrected chi connectivity index (χ3v) is 7.01. The predicted molar refractivity (Wildman–Crippen MR) is 114 cm³/mol. The molecule has 0 amide bonds. The van der Waals surface area contributed by atoms with Gasteiger partial charge >= 0.3 is 0 Å². The standard InChI is InChI=1S/C17H22N2O9S3/c1-25-16-5-3-13(11-15(16)19)30(20,21)9-8-26-6-7-27-28-29-12-2-4-14(18)17(10-12)31(22,23)24/h2-5,10-11H,6-9,18-19H2,1H3,(H,22,23,24). The van der Waals surface area contributed by atoms with Crippen LogP contribution in [0.25, 0.3) is 0 Å². The van der Waals surface area contributed by atoms with Crippen molar-refractivity contribution in [2.45, 2.75) is 14.7 Å². The summed E-state index contributed by atoms with van der Waals surface area (Å²) in [6.07, 6.45) is 0. The van der Waals surface area contributed by atoms with E-state index in [0.29, 0.717) is 22.7 Å². The minimum atomic E-state index is -4.46. The fourth-order valence-electron chi connectivity index (χ4n) is 2.27.